The van der Waals surface area contributed by atoms with Gasteiger partial charge in [0.1, 0.15) is 5.56 Å². The van der Waals surface area contributed by atoms with Crippen LogP contribution in [0.3, 0.4) is 0 Å². The summed E-state index contributed by atoms with van der Waals surface area (Å²) in [6.07, 6.45) is 2.24. The van der Waals surface area contributed by atoms with Gasteiger partial charge < -0.3 is 10.6 Å². The number of anilines is 1. The first kappa shape index (κ1) is 12.0. The van der Waals surface area contributed by atoms with Crippen molar-refractivity contribution in [2.45, 2.75) is 39.7 Å². The predicted molar refractivity (Wildman–Crippen MR) is 66.6 cm³/mol. The van der Waals surface area contributed by atoms with Crippen LogP contribution in [0, 0.1) is 12.8 Å². The molecule has 3 N–H and O–H groups in total. The number of nitrogens with two attached hydrogens (primary N) is 1. The summed E-state index contributed by atoms with van der Waals surface area (Å²) < 4.78 is 0. The highest BCUT2D eigenvalue weighted by atomic mass is 16.2. The summed E-state index contributed by atoms with van der Waals surface area (Å²) in [5.74, 6) is 0.870. The van der Waals surface area contributed by atoms with Crippen molar-refractivity contribution in [3.63, 3.8) is 0 Å². The molecule has 94 valence electrons. The molecular weight excluding hydrogens is 216 g/mol. The topological polar surface area (TPSA) is 75.0 Å². The van der Waals surface area contributed by atoms with Crippen molar-refractivity contribution in [2.24, 2.45) is 5.92 Å². The van der Waals surface area contributed by atoms with Gasteiger partial charge in [0.2, 0.25) is 0 Å². The normalized spacial score (nSPS) is 25.0. The van der Waals surface area contributed by atoms with Gasteiger partial charge in [-0.25, -0.2) is 0 Å². The number of rotatable bonds is 1. The summed E-state index contributed by atoms with van der Waals surface area (Å²) in [7, 11) is 0. The molecule has 2 atom stereocenters. The van der Waals surface area contributed by atoms with E-state index in [4.69, 9.17) is 5.73 Å². The van der Waals surface area contributed by atoms with Crippen molar-refractivity contribution in [3.05, 3.63) is 11.3 Å². The molecule has 0 radical (unpaired) electrons. The molecule has 5 heteroatoms. The summed E-state index contributed by atoms with van der Waals surface area (Å²) >= 11 is 0. The van der Waals surface area contributed by atoms with Crippen LogP contribution in [0.4, 0.5) is 5.82 Å². The van der Waals surface area contributed by atoms with Crippen molar-refractivity contribution < 1.29 is 4.79 Å². The highest BCUT2D eigenvalue weighted by Crippen LogP contribution is 2.25. The number of piperidine rings is 1. The fraction of sp³-hybridized carbons (Fsp3) is 0.667. The Morgan fingerprint density at radius 2 is 2.18 bits per heavy atom. The van der Waals surface area contributed by atoms with Crippen LogP contribution in [-0.4, -0.2) is 33.6 Å². The number of amides is 1. The Morgan fingerprint density at radius 1 is 1.47 bits per heavy atom. The largest absolute Gasteiger partial charge is 0.382 e. The van der Waals surface area contributed by atoms with E-state index in [0.29, 0.717) is 17.3 Å². The minimum absolute atomic E-state index is 0.00722. The zero-order chi connectivity index (χ0) is 12.6. The molecule has 0 saturated carbocycles. The Morgan fingerprint density at radius 3 is 2.76 bits per heavy atom. The van der Waals surface area contributed by atoms with E-state index in [1.54, 1.807) is 0 Å². The van der Waals surface area contributed by atoms with E-state index in [-0.39, 0.29) is 11.9 Å². The number of hydrogen-bond donors (Lipinski definition) is 2. The molecule has 1 aliphatic rings. The molecule has 2 rings (SSSR count). The average molecular weight is 236 g/mol. The lowest BCUT2D eigenvalue weighted by atomic mass is 9.94. The lowest BCUT2D eigenvalue weighted by Gasteiger charge is -2.36. The highest BCUT2D eigenvalue weighted by molar-refractivity contribution is 5.99. The summed E-state index contributed by atoms with van der Waals surface area (Å²) in [4.78, 5) is 14.4. The van der Waals surface area contributed by atoms with E-state index in [1.807, 2.05) is 11.8 Å². The summed E-state index contributed by atoms with van der Waals surface area (Å²) in [6, 6.07) is 0.285. The van der Waals surface area contributed by atoms with E-state index in [0.717, 1.165) is 18.7 Å². The standard InChI is InChI=1S/C12H20N4O/c1-7-4-5-8(2)16(6-7)12(17)10-9(3)14-15-11(10)13/h7-8H,4-6H2,1-3H3,(H3,13,14,15). The fourth-order valence-corrected chi connectivity index (χ4v) is 2.43. The van der Waals surface area contributed by atoms with E-state index in [9.17, 15) is 4.79 Å². The zero-order valence-corrected chi connectivity index (χ0v) is 10.7. The van der Waals surface area contributed by atoms with Crippen LogP contribution in [0.25, 0.3) is 0 Å². The molecule has 0 aliphatic carbocycles. The monoisotopic (exact) mass is 236 g/mol. The molecule has 2 unspecified atom stereocenters. The molecule has 0 bridgehead atoms. The van der Waals surface area contributed by atoms with Crippen molar-refractivity contribution in [2.75, 3.05) is 12.3 Å². The van der Waals surface area contributed by atoms with Crippen molar-refractivity contribution in [1.29, 1.82) is 0 Å². The van der Waals surface area contributed by atoms with Crippen LogP contribution < -0.4 is 5.73 Å². The molecular formula is C12H20N4O. The van der Waals surface area contributed by atoms with Gasteiger partial charge in [0, 0.05) is 18.3 Å². The van der Waals surface area contributed by atoms with Crippen LogP contribution in [0.5, 0.6) is 0 Å². The first-order valence-electron chi connectivity index (χ1n) is 6.12. The second-order valence-corrected chi connectivity index (χ2v) is 5.10. The number of nitrogens with one attached hydrogen (secondary N) is 1. The van der Waals surface area contributed by atoms with Crippen molar-refractivity contribution in [1.82, 2.24) is 15.1 Å². The lowest BCUT2D eigenvalue weighted by molar-refractivity contribution is 0.0574. The van der Waals surface area contributed by atoms with Crippen LogP contribution in [-0.2, 0) is 0 Å². The number of aryl methyl sites for hydroxylation is 1. The summed E-state index contributed by atoms with van der Waals surface area (Å²) in [6.45, 7) is 6.91. The van der Waals surface area contributed by atoms with Crippen LogP contribution in [0.15, 0.2) is 0 Å². The molecule has 5 nitrogen and oxygen atoms in total. The third-order valence-corrected chi connectivity index (χ3v) is 3.57. The van der Waals surface area contributed by atoms with Gasteiger partial charge in [-0.3, -0.25) is 9.89 Å². The molecule has 1 amide bonds. The van der Waals surface area contributed by atoms with Gasteiger partial charge in [-0.1, -0.05) is 6.92 Å². The zero-order valence-electron chi connectivity index (χ0n) is 10.7. The molecule has 1 aromatic rings. The molecule has 1 aliphatic heterocycles. The van der Waals surface area contributed by atoms with E-state index >= 15 is 0 Å². The first-order valence-corrected chi connectivity index (χ1v) is 6.12. The van der Waals surface area contributed by atoms with Gasteiger partial charge in [-0.05, 0) is 32.6 Å². The number of carbonyl (C=O) groups excluding carboxylic acids is 1. The average Bonchev–Trinajstić information content (AvgIpc) is 2.61. The third kappa shape index (κ3) is 2.14. The van der Waals surface area contributed by atoms with Crippen molar-refractivity contribution in [3.8, 4) is 0 Å². The molecule has 17 heavy (non-hydrogen) atoms. The van der Waals surface area contributed by atoms with Gasteiger partial charge in [0.25, 0.3) is 5.91 Å². The number of aromatic nitrogens is 2. The minimum Gasteiger partial charge on any atom is -0.382 e. The quantitative estimate of drug-likeness (QED) is 0.777. The second-order valence-electron chi connectivity index (χ2n) is 5.10. The first-order chi connectivity index (χ1) is 8.00. The predicted octanol–water partition coefficient (Wildman–Crippen LogP) is 1.56. The molecule has 1 fully saturated rings. The number of carbonyl (C=O) groups is 1. The maximum Gasteiger partial charge on any atom is 0.259 e. The van der Waals surface area contributed by atoms with E-state index in [1.165, 1.54) is 6.42 Å². The third-order valence-electron chi connectivity index (χ3n) is 3.57. The number of aromatic amines is 1. The van der Waals surface area contributed by atoms with Gasteiger partial charge in [-0.2, -0.15) is 5.10 Å². The Bertz CT molecular complexity index is 407. The summed E-state index contributed by atoms with van der Waals surface area (Å²) in [5, 5.41) is 6.64. The van der Waals surface area contributed by atoms with E-state index < -0.39 is 0 Å². The maximum absolute atomic E-state index is 12.4. The molecule has 1 aromatic heterocycles. The Balaban J connectivity index is 2.25. The molecule has 0 aromatic carbocycles. The van der Waals surface area contributed by atoms with Crippen LogP contribution in [0.2, 0.25) is 0 Å². The van der Waals surface area contributed by atoms with Crippen LogP contribution >= 0.6 is 0 Å². The number of hydrogen-bond acceptors (Lipinski definition) is 3. The SMILES string of the molecule is Cc1[nH]nc(N)c1C(=O)N1CC(C)CCC1C. The Labute approximate surface area is 101 Å². The molecule has 1 saturated heterocycles. The van der Waals surface area contributed by atoms with Crippen LogP contribution in [0.1, 0.15) is 42.7 Å². The van der Waals surface area contributed by atoms with Gasteiger partial charge >= 0.3 is 0 Å². The van der Waals surface area contributed by atoms with Crippen molar-refractivity contribution >= 4 is 11.7 Å². The minimum atomic E-state index is 0.00722. The smallest absolute Gasteiger partial charge is 0.259 e. The number of nitrogen functional groups attached to an aromatic ring is 1. The maximum atomic E-state index is 12.4. The Hall–Kier alpha value is -1.52. The number of nitrogens with zero attached hydrogens (tertiary/aromatic N) is 2. The summed E-state index contributed by atoms with van der Waals surface area (Å²) in [5.41, 5.74) is 7.02. The number of H-pyrrole nitrogens is 1. The lowest BCUT2D eigenvalue weighted by Crippen LogP contribution is -2.45. The van der Waals surface area contributed by atoms with Gasteiger partial charge in [0.05, 0.1) is 0 Å². The fourth-order valence-electron chi connectivity index (χ4n) is 2.43. The van der Waals surface area contributed by atoms with E-state index in [2.05, 4.69) is 24.0 Å². The highest BCUT2D eigenvalue weighted by Gasteiger charge is 2.30. The molecule has 0 spiro atoms. The van der Waals surface area contributed by atoms with Gasteiger partial charge in [0.15, 0.2) is 5.82 Å². The number of likely N-dealkylation sites (tertiary alicyclic amines) is 1. The van der Waals surface area contributed by atoms with Gasteiger partial charge in [-0.15, -0.1) is 0 Å². The Kier molecular flexibility index (Phi) is 3.09. The second kappa shape index (κ2) is 4.39. The molecule has 2 heterocycles.